The molecule has 2 N–H and O–H groups in total. The van der Waals surface area contributed by atoms with Crippen LogP contribution >= 0.6 is 0 Å². The molecular weight excluding hydrogens is 205 g/mol. The Labute approximate surface area is 93.7 Å². The van der Waals surface area contributed by atoms with Crippen molar-refractivity contribution in [2.75, 3.05) is 0 Å². The zero-order valence-electron chi connectivity index (χ0n) is 9.15. The van der Waals surface area contributed by atoms with Gasteiger partial charge in [0.25, 0.3) is 0 Å². The summed E-state index contributed by atoms with van der Waals surface area (Å²) in [6.07, 6.45) is 4.19. The summed E-state index contributed by atoms with van der Waals surface area (Å²) < 4.78 is 15.6. The van der Waals surface area contributed by atoms with E-state index in [1.165, 1.54) is 6.07 Å². The minimum absolute atomic E-state index is 0.268. The summed E-state index contributed by atoms with van der Waals surface area (Å²) in [6, 6.07) is 4.94. The average Bonchev–Trinajstić information content (AvgIpc) is 2.76. The molecule has 0 fully saturated rings. The summed E-state index contributed by atoms with van der Waals surface area (Å²) in [5.41, 5.74) is 6.91. The maximum Gasteiger partial charge on any atom is 0.147 e. The molecule has 0 spiro atoms. The summed E-state index contributed by atoms with van der Waals surface area (Å²) in [5.74, 6) is 0.565. The van der Waals surface area contributed by atoms with Gasteiger partial charge in [0.05, 0.1) is 5.69 Å². The molecule has 0 aliphatic rings. The molecule has 84 valence electrons. The molecule has 0 saturated carbocycles. The van der Waals surface area contributed by atoms with Gasteiger partial charge in [-0.3, -0.25) is 0 Å². The van der Waals surface area contributed by atoms with E-state index in [1.54, 1.807) is 23.0 Å². The van der Waals surface area contributed by atoms with Crippen LogP contribution in [-0.4, -0.2) is 9.55 Å². The van der Waals surface area contributed by atoms with E-state index >= 15 is 0 Å². The SMILES string of the molecule is CCc1nccn1-c1c(F)cccc1CN. The summed E-state index contributed by atoms with van der Waals surface area (Å²) >= 11 is 0. The monoisotopic (exact) mass is 219 g/mol. The van der Waals surface area contributed by atoms with Gasteiger partial charge in [-0.05, 0) is 11.6 Å². The molecule has 1 heterocycles. The van der Waals surface area contributed by atoms with E-state index in [0.717, 1.165) is 17.8 Å². The van der Waals surface area contributed by atoms with Gasteiger partial charge in [-0.2, -0.15) is 0 Å². The van der Waals surface area contributed by atoms with Gasteiger partial charge in [0.15, 0.2) is 0 Å². The molecule has 0 amide bonds. The van der Waals surface area contributed by atoms with Crippen LogP contribution in [0.15, 0.2) is 30.6 Å². The number of aryl methyl sites for hydroxylation is 1. The second kappa shape index (κ2) is 4.45. The molecule has 1 aromatic heterocycles. The van der Waals surface area contributed by atoms with Crippen LogP contribution in [0.5, 0.6) is 0 Å². The van der Waals surface area contributed by atoms with E-state index < -0.39 is 0 Å². The fourth-order valence-corrected chi connectivity index (χ4v) is 1.79. The molecule has 3 nitrogen and oxygen atoms in total. The predicted octanol–water partition coefficient (Wildman–Crippen LogP) is 2.03. The zero-order valence-corrected chi connectivity index (χ0v) is 9.15. The quantitative estimate of drug-likeness (QED) is 0.858. The molecule has 0 unspecified atom stereocenters. The molecular formula is C12H14FN3. The largest absolute Gasteiger partial charge is 0.326 e. The molecule has 0 saturated heterocycles. The van der Waals surface area contributed by atoms with Crippen molar-refractivity contribution >= 4 is 0 Å². The highest BCUT2D eigenvalue weighted by atomic mass is 19.1. The topological polar surface area (TPSA) is 43.8 Å². The number of nitrogens with zero attached hydrogens (tertiary/aromatic N) is 2. The Morgan fingerprint density at radius 3 is 2.94 bits per heavy atom. The fourth-order valence-electron chi connectivity index (χ4n) is 1.79. The summed E-state index contributed by atoms with van der Waals surface area (Å²) in [7, 11) is 0. The number of hydrogen-bond acceptors (Lipinski definition) is 2. The molecule has 2 aromatic rings. The third-order valence-corrected chi connectivity index (χ3v) is 2.56. The van der Waals surface area contributed by atoms with Crippen LogP contribution in [0.3, 0.4) is 0 Å². The lowest BCUT2D eigenvalue weighted by atomic mass is 10.1. The number of nitrogens with two attached hydrogens (primary N) is 1. The van der Waals surface area contributed by atoms with Crippen molar-refractivity contribution in [1.29, 1.82) is 0 Å². The smallest absolute Gasteiger partial charge is 0.147 e. The number of rotatable bonds is 3. The Morgan fingerprint density at radius 1 is 1.44 bits per heavy atom. The van der Waals surface area contributed by atoms with Crippen LogP contribution in [0.2, 0.25) is 0 Å². The lowest BCUT2D eigenvalue weighted by Gasteiger charge is -2.12. The van der Waals surface area contributed by atoms with Crippen LogP contribution < -0.4 is 5.73 Å². The first-order chi connectivity index (χ1) is 7.77. The van der Waals surface area contributed by atoms with E-state index in [9.17, 15) is 4.39 Å². The standard InChI is InChI=1S/C12H14FN3/c1-2-11-15-6-7-16(11)12-9(8-14)4-3-5-10(12)13/h3-7H,2,8,14H2,1H3. The molecule has 2 rings (SSSR count). The van der Waals surface area contributed by atoms with Crippen LogP contribution in [0.25, 0.3) is 5.69 Å². The zero-order chi connectivity index (χ0) is 11.5. The van der Waals surface area contributed by atoms with E-state index in [-0.39, 0.29) is 5.82 Å². The van der Waals surface area contributed by atoms with Gasteiger partial charge in [0, 0.05) is 25.4 Å². The van der Waals surface area contributed by atoms with Crippen LogP contribution in [0.4, 0.5) is 4.39 Å². The highest BCUT2D eigenvalue weighted by molar-refractivity contribution is 5.43. The van der Waals surface area contributed by atoms with Gasteiger partial charge in [-0.25, -0.2) is 9.37 Å². The molecule has 0 aliphatic carbocycles. The number of halogens is 1. The van der Waals surface area contributed by atoms with Gasteiger partial charge < -0.3 is 10.3 Å². The number of hydrogen-bond donors (Lipinski definition) is 1. The van der Waals surface area contributed by atoms with Crippen LogP contribution in [0, 0.1) is 5.82 Å². The Kier molecular flexibility index (Phi) is 3.01. The molecule has 0 aliphatic heterocycles. The van der Waals surface area contributed by atoms with Gasteiger partial charge >= 0.3 is 0 Å². The molecule has 0 atom stereocenters. The average molecular weight is 219 g/mol. The maximum atomic E-state index is 13.8. The molecule has 0 bridgehead atoms. The van der Waals surface area contributed by atoms with E-state index in [2.05, 4.69) is 4.98 Å². The minimum Gasteiger partial charge on any atom is -0.326 e. The van der Waals surface area contributed by atoms with E-state index in [1.807, 2.05) is 13.0 Å². The van der Waals surface area contributed by atoms with E-state index in [0.29, 0.717) is 12.2 Å². The minimum atomic E-state index is -0.268. The van der Waals surface area contributed by atoms with Crippen molar-refractivity contribution in [2.24, 2.45) is 5.73 Å². The number of benzene rings is 1. The first kappa shape index (κ1) is 10.8. The highest BCUT2D eigenvalue weighted by Crippen LogP contribution is 2.20. The molecule has 16 heavy (non-hydrogen) atoms. The third kappa shape index (κ3) is 1.72. The predicted molar refractivity (Wildman–Crippen MR) is 60.8 cm³/mol. The van der Waals surface area contributed by atoms with Gasteiger partial charge in [-0.1, -0.05) is 19.1 Å². The first-order valence-electron chi connectivity index (χ1n) is 5.28. The second-order valence-corrected chi connectivity index (χ2v) is 3.52. The van der Waals surface area contributed by atoms with Gasteiger partial charge in [0.2, 0.25) is 0 Å². The van der Waals surface area contributed by atoms with Crippen molar-refractivity contribution in [1.82, 2.24) is 9.55 Å². The summed E-state index contributed by atoms with van der Waals surface area (Å²) in [4.78, 5) is 4.18. The molecule has 4 heteroatoms. The first-order valence-corrected chi connectivity index (χ1v) is 5.28. The summed E-state index contributed by atoms with van der Waals surface area (Å²) in [5, 5.41) is 0. The number of imidazole rings is 1. The second-order valence-electron chi connectivity index (χ2n) is 3.52. The lowest BCUT2D eigenvalue weighted by molar-refractivity contribution is 0.612. The van der Waals surface area contributed by atoms with Gasteiger partial charge in [-0.15, -0.1) is 0 Å². The third-order valence-electron chi connectivity index (χ3n) is 2.56. The van der Waals surface area contributed by atoms with Crippen molar-refractivity contribution in [2.45, 2.75) is 19.9 Å². The number of para-hydroxylation sites is 1. The fraction of sp³-hybridized carbons (Fsp3) is 0.250. The summed E-state index contributed by atoms with van der Waals surface area (Å²) in [6.45, 7) is 2.30. The Bertz CT molecular complexity index is 491. The Morgan fingerprint density at radius 2 is 2.25 bits per heavy atom. The number of aromatic nitrogens is 2. The highest BCUT2D eigenvalue weighted by Gasteiger charge is 2.11. The van der Waals surface area contributed by atoms with E-state index in [4.69, 9.17) is 5.73 Å². The van der Waals surface area contributed by atoms with Crippen molar-refractivity contribution in [3.63, 3.8) is 0 Å². The van der Waals surface area contributed by atoms with Crippen LogP contribution in [-0.2, 0) is 13.0 Å². The van der Waals surface area contributed by atoms with Gasteiger partial charge in [0.1, 0.15) is 11.6 Å². The normalized spacial score (nSPS) is 10.7. The lowest BCUT2D eigenvalue weighted by Crippen LogP contribution is -2.08. The maximum absolute atomic E-state index is 13.8. The van der Waals surface area contributed by atoms with Crippen molar-refractivity contribution in [3.8, 4) is 5.69 Å². The molecule has 0 radical (unpaired) electrons. The Hall–Kier alpha value is -1.68. The Balaban J connectivity index is 2.63. The molecule has 1 aromatic carbocycles. The van der Waals surface area contributed by atoms with Crippen LogP contribution in [0.1, 0.15) is 18.3 Å². The van der Waals surface area contributed by atoms with Crippen molar-refractivity contribution in [3.05, 3.63) is 47.8 Å². The van der Waals surface area contributed by atoms with Crippen molar-refractivity contribution < 1.29 is 4.39 Å².